The SMILES string of the molecule is C[C@H](O)Cc1ccc[nH]1. The van der Waals surface area contributed by atoms with Gasteiger partial charge in [0.15, 0.2) is 0 Å². The van der Waals surface area contributed by atoms with Crippen LogP contribution in [0.3, 0.4) is 0 Å². The predicted molar refractivity (Wildman–Crippen MR) is 36.2 cm³/mol. The molecule has 2 nitrogen and oxygen atoms in total. The lowest BCUT2D eigenvalue weighted by Crippen LogP contribution is -2.03. The molecule has 0 aliphatic rings. The van der Waals surface area contributed by atoms with Gasteiger partial charge in [-0.2, -0.15) is 0 Å². The molecule has 2 N–H and O–H groups in total. The minimum Gasteiger partial charge on any atom is -0.393 e. The van der Waals surface area contributed by atoms with Crippen molar-refractivity contribution in [3.63, 3.8) is 0 Å². The maximum Gasteiger partial charge on any atom is 0.0566 e. The molecule has 0 aliphatic heterocycles. The van der Waals surface area contributed by atoms with Gasteiger partial charge in [-0.1, -0.05) is 0 Å². The molecule has 0 aromatic carbocycles. The van der Waals surface area contributed by atoms with Gasteiger partial charge in [0.25, 0.3) is 0 Å². The largest absolute Gasteiger partial charge is 0.393 e. The highest BCUT2D eigenvalue weighted by Gasteiger charge is 1.96. The molecule has 9 heavy (non-hydrogen) atoms. The molecule has 1 heterocycles. The third-order valence-electron chi connectivity index (χ3n) is 1.18. The van der Waals surface area contributed by atoms with Crippen LogP contribution in [0.5, 0.6) is 0 Å². The zero-order valence-corrected chi connectivity index (χ0v) is 5.46. The number of rotatable bonds is 2. The first-order valence-electron chi connectivity index (χ1n) is 3.09. The summed E-state index contributed by atoms with van der Waals surface area (Å²) < 4.78 is 0. The maximum absolute atomic E-state index is 8.90. The topological polar surface area (TPSA) is 36.0 Å². The van der Waals surface area contributed by atoms with Gasteiger partial charge in [0.05, 0.1) is 6.10 Å². The summed E-state index contributed by atoms with van der Waals surface area (Å²) in [5.74, 6) is 0. The smallest absolute Gasteiger partial charge is 0.0566 e. The molecule has 50 valence electrons. The fourth-order valence-electron chi connectivity index (χ4n) is 0.813. The molecule has 0 saturated heterocycles. The number of nitrogens with one attached hydrogen (secondary N) is 1. The van der Waals surface area contributed by atoms with Crippen LogP contribution in [0.1, 0.15) is 12.6 Å². The number of aliphatic hydroxyl groups is 1. The Kier molecular flexibility index (Phi) is 1.90. The number of H-pyrrole nitrogens is 1. The first kappa shape index (κ1) is 6.36. The molecule has 0 radical (unpaired) electrons. The molecule has 0 aliphatic carbocycles. The first-order chi connectivity index (χ1) is 4.29. The van der Waals surface area contributed by atoms with Gasteiger partial charge < -0.3 is 10.1 Å². The van der Waals surface area contributed by atoms with E-state index >= 15 is 0 Å². The Bertz CT molecular complexity index is 155. The number of aromatic nitrogens is 1. The van der Waals surface area contributed by atoms with Crippen LogP contribution in [0.25, 0.3) is 0 Å². The van der Waals surface area contributed by atoms with Gasteiger partial charge in [-0.05, 0) is 19.1 Å². The second-order valence-corrected chi connectivity index (χ2v) is 2.25. The average Bonchev–Trinajstić information content (AvgIpc) is 2.15. The molecule has 1 aromatic rings. The lowest BCUT2D eigenvalue weighted by Gasteiger charge is -1.98. The van der Waals surface area contributed by atoms with Crippen molar-refractivity contribution >= 4 is 0 Å². The summed E-state index contributed by atoms with van der Waals surface area (Å²) in [6.45, 7) is 1.78. The molecule has 0 fully saturated rings. The highest BCUT2D eigenvalue weighted by molar-refractivity contribution is 5.04. The first-order valence-corrected chi connectivity index (χ1v) is 3.09. The van der Waals surface area contributed by atoms with Gasteiger partial charge in [0.1, 0.15) is 0 Å². The molecule has 2 heteroatoms. The molecule has 0 bridgehead atoms. The summed E-state index contributed by atoms with van der Waals surface area (Å²) in [4.78, 5) is 3.01. The van der Waals surface area contributed by atoms with E-state index in [1.165, 1.54) is 0 Å². The van der Waals surface area contributed by atoms with Crippen molar-refractivity contribution < 1.29 is 5.11 Å². The molecule has 0 amide bonds. The summed E-state index contributed by atoms with van der Waals surface area (Å²) in [6, 6.07) is 3.89. The van der Waals surface area contributed by atoms with Crippen LogP contribution >= 0.6 is 0 Å². The predicted octanol–water partition coefficient (Wildman–Crippen LogP) is 0.938. The standard InChI is InChI=1S/C7H11NO/c1-6(9)5-7-3-2-4-8-7/h2-4,6,8-9H,5H2,1H3/t6-/m0/s1. The molecule has 0 unspecified atom stereocenters. The Hall–Kier alpha value is -0.760. The lowest BCUT2D eigenvalue weighted by molar-refractivity contribution is 0.194. The Labute approximate surface area is 54.5 Å². The Morgan fingerprint density at radius 1 is 1.78 bits per heavy atom. The summed E-state index contributed by atoms with van der Waals surface area (Å²) in [6.07, 6.45) is 2.33. The zero-order valence-electron chi connectivity index (χ0n) is 5.46. The van der Waals surface area contributed by atoms with Crippen LogP contribution in [0.4, 0.5) is 0 Å². The molecule has 1 atom stereocenters. The van der Waals surface area contributed by atoms with Gasteiger partial charge >= 0.3 is 0 Å². The summed E-state index contributed by atoms with van der Waals surface area (Å²) in [7, 11) is 0. The van der Waals surface area contributed by atoms with Gasteiger partial charge in [-0.15, -0.1) is 0 Å². The highest BCUT2D eigenvalue weighted by atomic mass is 16.3. The number of aliphatic hydroxyl groups excluding tert-OH is 1. The Morgan fingerprint density at radius 2 is 2.56 bits per heavy atom. The van der Waals surface area contributed by atoms with E-state index in [4.69, 9.17) is 5.11 Å². The van der Waals surface area contributed by atoms with E-state index in [9.17, 15) is 0 Å². The van der Waals surface area contributed by atoms with Crippen LogP contribution in [-0.2, 0) is 6.42 Å². The highest BCUT2D eigenvalue weighted by Crippen LogP contribution is 1.98. The number of hydrogen-bond donors (Lipinski definition) is 2. The van der Waals surface area contributed by atoms with Crippen molar-refractivity contribution in [3.8, 4) is 0 Å². The van der Waals surface area contributed by atoms with Gasteiger partial charge in [-0.3, -0.25) is 0 Å². The van der Waals surface area contributed by atoms with Crippen LogP contribution in [0.15, 0.2) is 18.3 Å². The normalized spacial score (nSPS) is 13.6. The van der Waals surface area contributed by atoms with Crippen LogP contribution in [0, 0.1) is 0 Å². The van der Waals surface area contributed by atoms with Crippen molar-refractivity contribution in [1.29, 1.82) is 0 Å². The summed E-state index contributed by atoms with van der Waals surface area (Å²) >= 11 is 0. The third-order valence-corrected chi connectivity index (χ3v) is 1.18. The molecular weight excluding hydrogens is 114 g/mol. The van der Waals surface area contributed by atoms with Crippen molar-refractivity contribution in [3.05, 3.63) is 24.0 Å². The van der Waals surface area contributed by atoms with Crippen molar-refractivity contribution in [1.82, 2.24) is 4.98 Å². The number of hydrogen-bond acceptors (Lipinski definition) is 1. The van der Waals surface area contributed by atoms with E-state index < -0.39 is 0 Å². The van der Waals surface area contributed by atoms with E-state index in [1.54, 1.807) is 6.92 Å². The Balaban J connectivity index is 2.48. The second kappa shape index (κ2) is 2.69. The van der Waals surface area contributed by atoms with E-state index in [0.29, 0.717) is 6.42 Å². The van der Waals surface area contributed by atoms with E-state index in [-0.39, 0.29) is 6.10 Å². The minimum atomic E-state index is -0.247. The van der Waals surface area contributed by atoms with Crippen LogP contribution < -0.4 is 0 Å². The Morgan fingerprint density at radius 3 is 3.00 bits per heavy atom. The van der Waals surface area contributed by atoms with Gasteiger partial charge in [0.2, 0.25) is 0 Å². The average molecular weight is 125 g/mol. The zero-order chi connectivity index (χ0) is 6.69. The maximum atomic E-state index is 8.90. The molecular formula is C7H11NO. The van der Waals surface area contributed by atoms with Crippen LogP contribution in [0.2, 0.25) is 0 Å². The van der Waals surface area contributed by atoms with Crippen molar-refractivity contribution in [2.75, 3.05) is 0 Å². The molecule has 0 spiro atoms. The molecule has 0 saturated carbocycles. The van der Waals surface area contributed by atoms with Gasteiger partial charge in [-0.25, -0.2) is 0 Å². The van der Waals surface area contributed by atoms with E-state index in [2.05, 4.69) is 4.98 Å². The fraction of sp³-hybridized carbons (Fsp3) is 0.429. The third kappa shape index (κ3) is 1.90. The van der Waals surface area contributed by atoms with Crippen molar-refractivity contribution in [2.45, 2.75) is 19.4 Å². The minimum absolute atomic E-state index is 0.247. The second-order valence-electron chi connectivity index (χ2n) is 2.25. The lowest BCUT2D eigenvalue weighted by atomic mass is 10.2. The fourth-order valence-corrected chi connectivity index (χ4v) is 0.813. The monoisotopic (exact) mass is 125 g/mol. The van der Waals surface area contributed by atoms with Gasteiger partial charge in [0, 0.05) is 18.3 Å². The van der Waals surface area contributed by atoms with Crippen LogP contribution in [-0.4, -0.2) is 16.2 Å². The molecule has 1 rings (SSSR count). The van der Waals surface area contributed by atoms with Crippen molar-refractivity contribution in [2.24, 2.45) is 0 Å². The molecule has 1 aromatic heterocycles. The van der Waals surface area contributed by atoms with E-state index in [0.717, 1.165) is 5.69 Å². The quantitative estimate of drug-likeness (QED) is 0.606. The number of aromatic amines is 1. The van der Waals surface area contributed by atoms with E-state index in [1.807, 2.05) is 18.3 Å². The summed E-state index contributed by atoms with van der Waals surface area (Å²) in [5, 5.41) is 8.90. The summed E-state index contributed by atoms with van der Waals surface area (Å²) in [5.41, 5.74) is 1.09.